The van der Waals surface area contributed by atoms with Gasteiger partial charge in [0.25, 0.3) is 0 Å². The Morgan fingerprint density at radius 2 is 0.811 bits per heavy atom. The van der Waals surface area contributed by atoms with E-state index in [2.05, 4.69) is 163 Å². The van der Waals surface area contributed by atoms with Crippen molar-refractivity contribution >= 4 is 27.9 Å². The Morgan fingerprint density at radius 3 is 1.19 bits per heavy atom. The Hall–Kier alpha value is -3.70. The van der Waals surface area contributed by atoms with Gasteiger partial charge in [-0.3, -0.25) is 0 Å². The third kappa shape index (κ3) is 10.5. The largest absolute Gasteiger partial charge is 0.465 e. The van der Waals surface area contributed by atoms with Crippen LogP contribution in [0, 0.1) is 16.2 Å². The molecule has 0 bridgehead atoms. The Kier molecular flexibility index (Phi) is 13.6. The van der Waals surface area contributed by atoms with Gasteiger partial charge >= 0.3 is 11.9 Å². The average Bonchev–Trinajstić information content (AvgIpc) is 3.14. The lowest BCUT2D eigenvalue weighted by Gasteiger charge is -2.47. The summed E-state index contributed by atoms with van der Waals surface area (Å²) in [5.74, 6) is 0.279. The summed E-state index contributed by atoms with van der Waals surface area (Å²) < 4.78 is 9.81. The van der Waals surface area contributed by atoms with E-state index in [0.717, 1.165) is 19.3 Å². The van der Waals surface area contributed by atoms with Crippen molar-refractivity contribution in [3.05, 3.63) is 143 Å². The summed E-state index contributed by atoms with van der Waals surface area (Å²) in [4.78, 5) is 24.8. The van der Waals surface area contributed by atoms with E-state index in [1.54, 1.807) is 0 Å². The van der Waals surface area contributed by atoms with Crippen LogP contribution >= 0.6 is 15.9 Å². The molecular formula is C48H61BrO4. The summed E-state index contributed by atoms with van der Waals surface area (Å²) in [6.07, 6.45) is 2.84. The lowest BCUT2D eigenvalue weighted by Crippen LogP contribution is -2.36. The second kappa shape index (κ2) is 17.2. The number of benzene rings is 4. The van der Waals surface area contributed by atoms with Gasteiger partial charge < -0.3 is 9.47 Å². The number of esters is 2. The molecule has 0 aliphatic rings. The van der Waals surface area contributed by atoms with Crippen LogP contribution in [0.15, 0.2) is 109 Å². The first-order valence-electron chi connectivity index (χ1n) is 19.0. The number of ether oxygens (including phenoxy) is 2. The van der Waals surface area contributed by atoms with Gasteiger partial charge in [-0.15, -0.1) is 0 Å². The van der Waals surface area contributed by atoms with E-state index >= 15 is 0 Å². The molecule has 4 unspecified atom stereocenters. The molecule has 0 amide bonds. The van der Waals surface area contributed by atoms with E-state index in [4.69, 9.17) is 9.47 Å². The molecule has 0 saturated carbocycles. The third-order valence-electron chi connectivity index (χ3n) is 12.0. The number of halogens is 1. The van der Waals surface area contributed by atoms with Crippen LogP contribution in [0.1, 0.15) is 148 Å². The van der Waals surface area contributed by atoms with Gasteiger partial charge in [0.05, 0.1) is 25.3 Å². The van der Waals surface area contributed by atoms with Crippen molar-refractivity contribution in [1.82, 2.24) is 0 Å². The first-order chi connectivity index (χ1) is 24.8. The zero-order valence-electron chi connectivity index (χ0n) is 33.8. The van der Waals surface area contributed by atoms with Gasteiger partial charge in [0, 0.05) is 4.32 Å². The Labute approximate surface area is 328 Å². The molecule has 0 spiro atoms. The molecule has 0 aliphatic carbocycles. The maximum absolute atomic E-state index is 12.5. The molecule has 53 heavy (non-hydrogen) atoms. The molecule has 0 fully saturated rings. The Balaban J connectivity index is 1.80. The SMILES string of the molecule is COC(=O)c1ccc(C(CC(C)(C)C(CC(C)(C)C(CC(C)(C)C(C)c2ccccc2)c2ccccc2)c2ccc(C(=O)OC)cc2)C(C)(C)Br)cc1. The van der Waals surface area contributed by atoms with Crippen molar-refractivity contribution in [3.63, 3.8) is 0 Å². The lowest BCUT2D eigenvalue weighted by molar-refractivity contribution is 0.0591. The average molecular weight is 782 g/mol. The molecule has 0 heterocycles. The van der Waals surface area contributed by atoms with Crippen LogP contribution in [-0.2, 0) is 9.47 Å². The Morgan fingerprint density at radius 1 is 0.491 bits per heavy atom. The molecule has 0 aliphatic heterocycles. The minimum Gasteiger partial charge on any atom is -0.465 e. The van der Waals surface area contributed by atoms with Crippen molar-refractivity contribution in [2.24, 2.45) is 16.2 Å². The highest BCUT2D eigenvalue weighted by Gasteiger charge is 2.44. The number of hydrogen-bond acceptors (Lipinski definition) is 4. The van der Waals surface area contributed by atoms with Gasteiger partial charge in [-0.2, -0.15) is 0 Å². The van der Waals surface area contributed by atoms with Gasteiger partial charge in [-0.05, 0) is 120 Å². The molecule has 0 aromatic heterocycles. The molecule has 0 N–H and O–H groups in total. The maximum atomic E-state index is 12.5. The molecule has 284 valence electrons. The molecule has 0 saturated heterocycles. The summed E-state index contributed by atoms with van der Waals surface area (Å²) in [6, 6.07) is 37.9. The highest BCUT2D eigenvalue weighted by Crippen LogP contribution is 2.56. The van der Waals surface area contributed by atoms with Crippen molar-refractivity contribution in [3.8, 4) is 0 Å². The second-order valence-corrected chi connectivity index (χ2v) is 19.6. The number of hydrogen-bond donors (Lipinski definition) is 0. The normalized spacial score (nSPS) is 14.9. The Bertz CT molecular complexity index is 1770. The smallest absolute Gasteiger partial charge is 0.337 e. The summed E-state index contributed by atoms with van der Waals surface area (Å²) in [5.41, 5.74) is 5.95. The molecule has 4 rings (SSSR count). The van der Waals surface area contributed by atoms with E-state index in [-0.39, 0.29) is 50.3 Å². The molecule has 4 atom stereocenters. The number of alkyl halides is 1. The van der Waals surface area contributed by atoms with Gasteiger partial charge in [0.15, 0.2) is 0 Å². The molecular weight excluding hydrogens is 720 g/mol. The predicted molar refractivity (Wildman–Crippen MR) is 223 cm³/mol. The molecule has 4 aromatic carbocycles. The van der Waals surface area contributed by atoms with Crippen molar-refractivity contribution in [2.45, 2.75) is 110 Å². The fourth-order valence-corrected chi connectivity index (χ4v) is 8.73. The van der Waals surface area contributed by atoms with Gasteiger partial charge in [-0.1, -0.05) is 149 Å². The zero-order chi connectivity index (χ0) is 39.2. The first-order valence-corrected chi connectivity index (χ1v) is 19.8. The van der Waals surface area contributed by atoms with Crippen molar-refractivity contribution < 1.29 is 19.1 Å². The van der Waals surface area contributed by atoms with E-state index in [9.17, 15) is 9.59 Å². The van der Waals surface area contributed by atoms with Crippen molar-refractivity contribution in [2.75, 3.05) is 14.2 Å². The van der Waals surface area contributed by atoms with Crippen LogP contribution in [0.3, 0.4) is 0 Å². The summed E-state index contributed by atoms with van der Waals surface area (Å²) in [5, 5.41) is 0. The van der Waals surface area contributed by atoms with Gasteiger partial charge in [0.1, 0.15) is 0 Å². The maximum Gasteiger partial charge on any atom is 0.337 e. The second-order valence-electron chi connectivity index (χ2n) is 17.6. The molecule has 5 heteroatoms. The fraction of sp³-hybridized carbons (Fsp3) is 0.458. The van der Waals surface area contributed by atoms with E-state index in [1.807, 2.05) is 24.3 Å². The third-order valence-corrected chi connectivity index (χ3v) is 12.6. The first kappa shape index (κ1) is 42.0. The predicted octanol–water partition coefficient (Wildman–Crippen LogP) is 13.1. The van der Waals surface area contributed by atoms with Crippen LogP contribution in [0.25, 0.3) is 0 Å². The fourth-order valence-electron chi connectivity index (χ4n) is 8.30. The van der Waals surface area contributed by atoms with Gasteiger partial charge in [-0.25, -0.2) is 9.59 Å². The van der Waals surface area contributed by atoms with Crippen LogP contribution in [-0.4, -0.2) is 30.5 Å². The van der Waals surface area contributed by atoms with E-state index < -0.39 is 0 Å². The summed E-state index contributed by atoms with van der Waals surface area (Å²) in [6.45, 7) is 21.4. The number of carbonyl (C=O) groups is 2. The lowest BCUT2D eigenvalue weighted by atomic mass is 9.57. The molecule has 4 aromatic rings. The molecule has 0 radical (unpaired) electrons. The topological polar surface area (TPSA) is 52.6 Å². The van der Waals surface area contributed by atoms with Crippen LogP contribution in [0.5, 0.6) is 0 Å². The van der Waals surface area contributed by atoms with Crippen molar-refractivity contribution in [1.29, 1.82) is 0 Å². The summed E-state index contributed by atoms with van der Waals surface area (Å²) >= 11 is 4.07. The monoisotopic (exact) mass is 780 g/mol. The van der Waals surface area contributed by atoms with E-state index in [1.165, 1.54) is 36.5 Å². The van der Waals surface area contributed by atoms with Crippen LogP contribution in [0.2, 0.25) is 0 Å². The van der Waals surface area contributed by atoms with Crippen LogP contribution < -0.4 is 0 Å². The minimum atomic E-state index is -0.335. The van der Waals surface area contributed by atoms with Gasteiger partial charge in [0.2, 0.25) is 0 Å². The summed E-state index contributed by atoms with van der Waals surface area (Å²) in [7, 11) is 2.84. The number of rotatable bonds is 16. The van der Waals surface area contributed by atoms with Crippen LogP contribution in [0.4, 0.5) is 0 Å². The van der Waals surface area contributed by atoms with E-state index in [0.29, 0.717) is 17.0 Å². The standard InChI is InChI=1S/C48H61BrO4/c1-33(34-18-14-12-15-19-34)45(2,3)30-40(35-20-16-13-17-21-35)46(4,5)31-41(36-22-26-38(27-23-36)43(50)52-10)47(6,7)32-42(48(8,9)49)37-24-28-39(29-25-37)44(51)53-11/h12-29,33,40-42H,30-32H2,1-11H3. The number of carbonyl (C=O) groups excluding carboxylic acids is 2. The number of methoxy groups -OCH3 is 2. The highest BCUT2D eigenvalue weighted by molar-refractivity contribution is 9.10. The quantitative estimate of drug-likeness (QED) is 0.0839. The highest BCUT2D eigenvalue weighted by atomic mass is 79.9. The molecule has 4 nitrogen and oxygen atoms in total. The minimum absolute atomic E-state index is 0.0216. The zero-order valence-corrected chi connectivity index (χ0v) is 35.4.